The van der Waals surface area contributed by atoms with Crippen LogP contribution < -0.4 is 5.32 Å². The molecule has 100 valence electrons. The summed E-state index contributed by atoms with van der Waals surface area (Å²) in [4.78, 5) is 0. The fourth-order valence-corrected chi connectivity index (χ4v) is 2.71. The number of hydrogen-bond acceptors (Lipinski definition) is 1. The first-order valence-electron chi connectivity index (χ1n) is 5.60. The minimum atomic E-state index is -0.869. The van der Waals surface area contributed by atoms with E-state index < -0.39 is 11.6 Å². The van der Waals surface area contributed by atoms with Crippen molar-refractivity contribution >= 4 is 27.5 Å². The standard InChI is InChI=1S/C14H11BrClF2N/c1-19-14(8-2-5-12(17)13(18)6-8)10-4-3-9(15)7-11(10)16/h2-7,14,19H,1H3. The van der Waals surface area contributed by atoms with Gasteiger partial charge in [-0.1, -0.05) is 39.7 Å². The zero-order valence-corrected chi connectivity index (χ0v) is 12.4. The van der Waals surface area contributed by atoms with Gasteiger partial charge in [0.1, 0.15) is 0 Å². The van der Waals surface area contributed by atoms with Gasteiger partial charge in [0.2, 0.25) is 0 Å². The normalized spacial score (nSPS) is 12.5. The summed E-state index contributed by atoms with van der Waals surface area (Å²) in [5.41, 5.74) is 1.42. The Morgan fingerprint density at radius 2 is 1.84 bits per heavy atom. The van der Waals surface area contributed by atoms with Gasteiger partial charge in [0.05, 0.1) is 6.04 Å². The Bertz CT molecular complexity index is 604. The van der Waals surface area contributed by atoms with Crippen LogP contribution in [0.25, 0.3) is 0 Å². The Morgan fingerprint density at radius 1 is 1.11 bits per heavy atom. The molecular weight excluding hydrogens is 336 g/mol. The van der Waals surface area contributed by atoms with Crippen LogP contribution >= 0.6 is 27.5 Å². The summed E-state index contributed by atoms with van der Waals surface area (Å²) in [6.07, 6.45) is 0. The molecule has 2 rings (SSSR count). The molecule has 0 amide bonds. The Labute approximate surface area is 123 Å². The van der Waals surface area contributed by atoms with Crippen LogP contribution in [-0.2, 0) is 0 Å². The van der Waals surface area contributed by atoms with Crippen molar-refractivity contribution in [3.63, 3.8) is 0 Å². The van der Waals surface area contributed by atoms with Crippen LogP contribution in [0.15, 0.2) is 40.9 Å². The Morgan fingerprint density at radius 3 is 2.42 bits per heavy atom. The zero-order chi connectivity index (χ0) is 14.0. The smallest absolute Gasteiger partial charge is 0.159 e. The highest BCUT2D eigenvalue weighted by atomic mass is 79.9. The molecule has 0 aliphatic carbocycles. The third kappa shape index (κ3) is 3.14. The van der Waals surface area contributed by atoms with E-state index in [1.54, 1.807) is 13.1 Å². The number of rotatable bonds is 3. The van der Waals surface area contributed by atoms with Crippen molar-refractivity contribution in [2.45, 2.75) is 6.04 Å². The number of benzene rings is 2. The van der Waals surface area contributed by atoms with Crippen LogP contribution in [0.2, 0.25) is 5.02 Å². The van der Waals surface area contributed by atoms with Crippen molar-refractivity contribution in [2.24, 2.45) is 0 Å². The second-order valence-corrected chi connectivity index (χ2v) is 5.38. The summed E-state index contributed by atoms with van der Waals surface area (Å²) in [5, 5.41) is 3.61. The topological polar surface area (TPSA) is 12.0 Å². The van der Waals surface area contributed by atoms with Gasteiger partial charge < -0.3 is 5.32 Å². The third-order valence-electron chi connectivity index (χ3n) is 2.84. The van der Waals surface area contributed by atoms with Crippen molar-refractivity contribution in [3.8, 4) is 0 Å². The predicted molar refractivity (Wildman–Crippen MR) is 76.4 cm³/mol. The van der Waals surface area contributed by atoms with E-state index in [4.69, 9.17) is 11.6 Å². The van der Waals surface area contributed by atoms with Crippen LogP contribution in [0.5, 0.6) is 0 Å². The van der Waals surface area contributed by atoms with E-state index in [0.29, 0.717) is 10.6 Å². The molecule has 0 saturated heterocycles. The van der Waals surface area contributed by atoms with Crippen molar-refractivity contribution in [2.75, 3.05) is 7.05 Å². The monoisotopic (exact) mass is 345 g/mol. The van der Waals surface area contributed by atoms with E-state index in [2.05, 4.69) is 21.2 Å². The van der Waals surface area contributed by atoms with Crippen LogP contribution in [0.3, 0.4) is 0 Å². The molecular formula is C14H11BrClF2N. The minimum Gasteiger partial charge on any atom is -0.309 e. The molecule has 0 aliphatic heterocycles. The second-order valence-electron chi connectivity index (χ2n) is 4.06. The quantitative estimate of drug-likeness (QED) is 0.850. The van der Waals surface area contributed by atoms with Crippen LogP contribution in [0.4, 0.5) is 8.78 Å². The highest BCUT2D eigenvalue weighted by molar-refractivity contribution is 9.10. The van der Waals surface area contributed by atoms with Gasteiger partial charge in [-0.2, -0.15) is 0 Å². The molecule has 19 heavy (non-hydrogen) atoms. The molecule has 0 spiro atoms. The van der Waals surface area contributed by atoms with Crippen molar-refractivity contribution in [1.29, 1.82) is 0 Å². The summed E-state index contributed by atoms with van der Waals surface area (Å²) in [6.45, 7) is 0. The summed E-state index contributed by atoms with van der Waals surface area (Å²) >= 11 is 9.52. The van der Waals surface area contributed by atoms with Gasteiger partial charge in [-0.15, -0.1) is 0 Å². The van der Waals surface area contributed by atoms with Gasteiger partial charge in [-0.25, -0.2) is 8.78 Å². The van der Waals surface area contributed by atoms with Crippen molar-refractivity contribution in [1.82, 2.24) is 5.32 Å². The molecule has 0 saturated carbocycles. The Kier molecular flexibility index (Phi) is 4.55. The van der Waals surface area contributed by atoms with Gasteiger partial charge in [-0.05, 0) is 42.4 Å². The lowest BCUT2D eigenvalue weighted by Gasteiger charge is -2.19. The second kappa shape index (κ2) is 5.99. The van der Waals surface area contributed by atoms with Crippen molar-refractivity contribution < 1.29 is 8.78 Å². The lowest BCUT2D eigenvalue weighted by atomic mass is 9.98. The van der Waals surface area contributed by atoms with E-state index in [-0.39, 0.29) is 6.04 Å². The fourth-order valence-electron chi connectivity index (χ4n) is 1.93. The summed E-state index contributed by atoms with van der Waals surface area (Å²) in [5.74, 6) is -1.73. The summed E-state index contributed by atoms with van der Waals surface area (Å²) in [7, 11) is 1.74. The molecule has 2 aromatic rings. The van der Waals surface area contributed by atoms with Gasteiger partial charge in [0, 0.05) is 9.50 Å². The SMILES string of the molecule is CNC(c1ccc(F)c(F)c1)c1ccc(Br)cc1Cl. The molecule has 1 nitrogen and oxygen atoms in total. The first kappa shape index (κ1) is 14.4. The number of hydrogen-bond donors (Lipinski definition) is 1. The zero-order valence-electron chi connectivity index (χ0n) is 10.1. The van der Waals surface area contributed by atoms with E-state index >= 15 is 0 Å². The summed E-state index contributed by atoms with van der Waals surface area (Å²) in [6, 6.07) is 8.99. The maximum absolute atomic E-state index is 13.3. The molecule has 1 atom stereocenters. The fraction of sp³-hybridized carbons (Fsp3) is 0.143. The van der Waals surface area contributed by atoms with E-state index in [1.807, 2.05) is 12.1 Å². The molecule has 0 aromatic heterocycles. The molecule has 0 heterocycles. The maximum Gasteiger partial charge on any atom is 0.159 e. The molecule has 0 radical (unpaired) electrons. The van der Waals surface area contributed by atoms with Gasteiger partial charge in [0.25, 0.3) is 0 Å². The first-order valence-corrected chi connectivity index (χ1v) is 6.77. The summed E-state index contributed by atoms with van der Waals surface area (Å²) < 4.78 is 27.1. The van der Waals surface area contributed by atoms with E-state index in [9.17, 15) is 8.78 Å². The maximum atomic E-state index is 13.3. The Balaban J connectivity index is 2.46. The molecule has 1 N–H and O–H groups in total. The average molecular weight is 347 g/mol. The van der Waals surface area contributed by atoms with Crippen LogP contribution in [-0.4, -0.2) is 7.05 Å². The highest BCUT2D eigenvalue weighted by Gasteiger charge is 2.17. The van der Waals surface area contributed by atoms with Gasteiger partial charge in [0.15, 0.2) is 11.6 Å². The molecule has 0 aliphatic rings. The number of nitrogens with one attached hydrogen (secondary N) is 1. The molecule has 0 fully saturated rings. The van der Waals surface area contributed by atoms with Gasteiger partial charge in [-0.3, -0.25) is 0 Å². The molecule has 1 unspecified atom stereocenters. The largest absolute Gasteiger partial charge is 0.309 e. The molecule has 5 heteroatoms. The minimum absolute atomic E-state index is 0.296. The van der Waals surface area contributed by atoms with Crippen LogP contribution in [0, 0.1) is 11.6 Å². The molecule has 2 aromatic carbocycles. The average Bonchev–Trinajstić information content (AvgIpc) is 2.37. The lowest BCUT2D eigenvalue weighted by Crippen LogP contribution is -2.18. The number of halogens is 4. The highest BCUT2D eigenvalue weighted by Crippen LogP contribution is 2.30. The van der Waals surface area contributed by atoms with Crippen molar-refractivity contribution in [3.05, 3.63) is 68.7 Å². The lowest BCUT2D eigenvalue weighted by molar-refractivity contribution is 0.505. The van der Waals surface area contributed by atoms with E-state index in [1.165, 1.54) is 12.1 Å². The van der Waals surface area contributed by atoms with Crippen LogP contribution in [0.1, 0.15) is 17.2 Å². The third-order valence-corrected chi connectivity index (χ3v) is 3.66. The van der Waals surface area contributed by atoms with E-state index in [0.717, 1.165) is 16.1 Å². The predicted octanol–water partition coefficient (Wildman–Crippen LogP) is 4.69. The first-order chi connectivity index (χ1) is 9.02. The molecule has 0 bridgehead atoms. The Hall–Kier alpha value is -0.970. The van der Waals surface area contributed by atoms with Gasteiger partial charge >= 0.3 is 0 Å².